The summed E-state index contributed by atoms with van der Waals surface area (Å²) < 4.78 is 6.49. The lowest BCUT2D eigenvalue weighted by molar-refractivity contribution is 0.00555. The lowest BCUT2D eigenvalue weighted by Gasteiger charge is -2.47. The topological polar surface area (TPSA) is 75.7 Å². The lowest BCUT2D eigenvalue weighted by atomic mass is 9.66. The first-order valence-electron chi connectivity index (χ1n) is 11.7. The number of aliphatic hydroxyl groups is 1. The number of benzene rings is 1. The largest absolute Gasteiger partial charge is 0.508 e. The molecule has 1 aromatic rings. The zero-order valence-electron chi connectivity index (χ0n) is 19.5. The van der Waals surface area contributed by atoms with Crippen LogP contribution in [-0.2, 0) is 5.41 Å². The number of aliphatic hydroxyl groups excluding tert-OH is 1. The number of fused-ring (bicyclic) bond motifs is 3. The van der Waals surface area contributed by atoms with Gasteiger partial charge in [0, 0.05) is 23.9 Å². The van der Waals surface area contributed by atoms with Crippen LogP contribution < -0.4 is 10.5 Å². The molecule has 4 nitrogen and oxygen atoms in total. The number of aromatic hydroxyl groups is 1. The molecule has 2 unspecified atom stereocenters. The Balaban J connectivity index is 1.93. The van der Waals surface area contributed by atoms with Gasteiger partial charge in [0.25, 0.3) is 0 Å². The summed E-state index contributed by atoms with van der Waals surface area (Å²) in [6.45, 7) is 11.3. The van der Waals surface area contributed by atoms with Crippen LogP contribution in [0.5, 0.6) is 11.5 Å². The minimum absolute atomic E-state index is 0.0159. The van der Waals surface area contributed by atoms with E-state index in [9.17, 15) is 10.2 Å². The van der Waals surface area contributed by atoms with Crippen LogP contribution in [0.2, 0.25) is 0 Å². The summed E-state index contributed by atoms with van der Waals surface area (Å²) in [5.74, 6) is 1.53. The van der Waals surface area contributed by atoms with Gasteiger partial charge in [-0.25, -0.2) is 0 Å². The van der Waals surface area contributed by atoms with Crippen molar-refractivity contribution in [1.29, 1.82) is 0 Å². The van der Waals surface area contributed by atoms with Gasteiger partial charge in [-0.1, -0.05) is 52.5 Å². The van der Waals surface area contributed by atoms with Crippen molar-refractivity contribution in [2.75, 3.05) is 6.54 Å². The first-order chi connectivity index (χ1) is 14.1. The van der Waals surface area contributed by atoms with Crippen molar-refractivity contribution >= 4 is 0 Å². The average Bonchev–Trinajstić information content (AvgIpc) is 2.69. The fraction of sp³-hybridized carbons (Fsp3) is 0.692. The van der Waals surface area contributed by atoms with Gasteiger partial charge < -0.3 is 20.7 Å². The van der Waals surface area contributed by atoms with E-state index in [0.29, 0.717) is 5.75 Å². The molecular weight excluding hydrogens is 374 g/mol. The normalized spacial score (nSPS) is 23.8. The Labute approximate surface area is 182 Å². The second-order valence-electron chi connectivity index (χ2n) is 10.5. The Hall–Kier alpha value is -1.52. The molecule has 0 spiro atoms. The minimum atomic E-state index is -0.608. The van der Waals surface area contributed by atoms with E-state index in [0.717, 1.165) is 41.7 Å². The molecule has 4 N–H and O–H groups in total. The third kappa shape index (κ3) is 4.55. The molecule has 1 aliphatic carbocycles. The predicted octanol–water partition coefficient (Wildman–Crippen LogP) is 5.55. The number of nitrogens with two attached hydrogens (primary N) is 1. The van der Waals surface area contributed by atoms with Crippen LogP contribution in [-0.4, -0.2) is 28.5 Å². The van der Waals surface area contributed by atoms with Gasteiger partial charge in [-0.3, -0.25) is 0 Å². The Morgan fingerprint density at radius 3 is 2.63 bits per heavy atom. The zero-order valence-corrected chi connectivity index (χ0v) is 19.5. The Morgan fingerprint density at radius 1 is 1.23 bits per heavy atom. The predicted molar refractivity (Wildman–Crippen MR) is 123 cm³/mol. The molecule has 0 saturated heterocycles. The SMILES string of the molecule is CCCCCCC(C)(C)c1cc(O)c2c(c1)OC(C)(C)[C@@H]1CC=C(C(O)CN)CC21. The van der Waals surface area contributed by atoms with E-state index in [1.165, 1.54) is 25.7 Å². The summed E-state index contributed by atoms with van der Waals surface area (Å²) >= 11 is 0. The van der Waals surface area contributed by atoms with Crippen LogP contribution in [0.1, 0.15) is 96.6 Å². The van der Waals surface area contributed by atoms with Crippen LogP contribution in [0.25, 0.3) is 0 Å². The first kappa shape index (κ1) is 23.1. The monoisotopic (exact) mass is 415 g/mol. The van der Waals surface area contributed by atoms with E-state index in [1.807, 2.05) is 6.07 Å². The molecule has 1 aromatic carbocycles. The second-order valence-corrected chi connectivity index (χ2v) is 10.5. The van der Waals surface area contributed by atoms with E-state index in [4.69, 9.17) is 10.5 Å². The summed E-state index contributed by atoms with van der Waals surface area (Å²) in [7, 11) is 0. The third-order valence-electron chi connectivity index (χ3n) is 7.42. The van der Waals surface area contributed by atoms with Gasteiger partial charge in [-0.15, -0.1) is 0 Å². The highest BCUT2D eigenvalue weighted by atomic mass is 16.5. The average molecular weight is 416 g/mol. The molecule has 0 bridgehead atoms. The number of allylic oxidation sites excluding steroid dienone is 1. The van der Waals surface area contributed by atoms with E-state index >= 15 is 0 Å². The molecule has 0 saturated carbocycles. The van der Waals surface area contributed by atoms with E-state index in [1.54, 1.807) is 0 Å². The van der Waals surface area contributed by atoms with Gasteiger partial charge >= 0.3 is 0 Å². The highest BCUT2D eigenvalue weighted by Gasteiger charge is 2.46. The Morgan fingerprint density at radius 2 is 1.97 bits per heavy atom. The first-order valence-corrected chi connectivity index (χ1v) is 11.7. The van der Waals surface area contributed by atoms with Crippen molar-refractivity contribution in [2.24, 2.45) is 11.7 Å². The quantitative estimate of drug-likeness (QED) is 0.384. The highest BCUT2D eigenvalue weighted by molar-refractivity contribution is 5.54. The molecule has 30 heavy (non-hydrogen) atoms. The number of ether oxygens (including phenoxy) is 1. The van der Waals surface area contributed by atoms with Gasteiger partial charge in [0.2, 0.25) is 0 Å². The van der Waals surface area contributed by atoms with E-state index in [-0.39, 0.29) is 29.4 Å². The molecule has 168 valence electrons. The van der Waals surface area contributed by atoms with Crippen molar-refractivity contribution in [2.45, 2.75) is 103 Å². The third-order valence-corrected chi connectivity index (χ3v) is 7.42. The maximum absolute atomic E-state index is 11.1. The molecular formula is C26H41NO3. The molecule has 1 heterocycles. The summed E-state index contributed by atoms with van der Waals surface area (Å²) in [5.41, 5.74) is 8.39. The molecule has 2 aliphatic rings. The smallest absolute Gasteiger partial charge is 0.127 e. The van der Waals surface area contributed by atoms with E-state index < -0.39 is 6.10 Å². The van der Waals surface area contributed by atoms with E-state index in [2.05, 4.69) is 46.8 Å². The molecule has 0 aromatic heterocycles. The summed E-state index contributed by atoms with van der Waals surface area (Å²) in [6, 6.07) is 4.11. The Kier molecular flexibility index (Phi) is 6.88. The number of rotatable bonds is 8. The van der Waals surface area contributed by atoms with Crippen LogP contribution in [0.4, 0.5) is 0 Å². The van der Waals surface area contributed by atoms with Crippen LogP contribution in [0, 0.1) is 5.92 Å². The van der Waals surface area contributed by atoms with Gasteiger partial charge in [-0.2, -0.15) is 0 Å². The van der Waals surface area contributed by atoms with Crippen LogP contribution in [0.3, 0.4) is 0 Å². The molecule has 3 atom stereocenters. The van der Waals surface area contributed by atoms with Crippen molar-refractivity contribution < 1.29 is 14.9 Å². The van der Waals surface area contributed by atoms with Gasteiger partial charge in [-0.05, 0) is 61.8 Å². The fourth-order valence-electron chi connectivity index (χ4n) is 5.37. The van der Waals surface area contributed by atoms with Gasteiger partial charge in [0.15, 0.2) is 0 Å². The van der Waals surface area contributed by atoms with Crippen molar-refractivity contribution in [3.05, 3.63) is 34.9 Å². The summed E-state index contributed by atoms with van der Waals surface area (Å²) in [4.78, 5) is 0. The van der Waals surface area contributed by atoms with Crippen molar-refractivity contribution in [3.8, 4) is 11.5 Å². The fourth-order valence-corrected chi connectivity index (χ4v) is 5.37. The number of unbranched alkanes of at least 4 members (excludes halogenated alkanes) is 3. The minimum Gasteiger partial charge on any atom is -0.508 e. The van der Waals surface area contributed by atoms with Gasteiger partial charge in [0.05, 0.1) is 6.10 Å². The zero-order chi connectivity index (χ0) is 22.1. The van der Waals surface area contributed by atoms with Crippen LogP contribution >= 0.6 is 0 Å². The van der Waals surface area contributed by atoms with Crippen LogP contribution in [0.15, 0.2) is 23.8 Å². The maximum atomic E-state index is 11.1. The van der Waals surface area contributed by atoms with Crippen molar-refractivity contribution in [1.82, 2.24) is 0 Å². The summed E-state index contributed by atoms with van der Waals surface area (Å²) in [5, 5.41) is 21.4. The molecule has 0 fully saturated rings. The number of phenolic OH excluding ortho intramolecular Hbond substituents is 1. The molecule has 0 amide bonds. The second kappa shape index (κ2) is 8.92. The Bertz CT molecular complexity index is 781. The number of hydrogen-bond acceptors (Lipinski definition) is 4. The summed E-state index contributed by atoms with van der Waals surface area (Å²) in [6.07, 6.45) is 9.12. The maximum Gasteiger partial charge on any atom is 0.127 e. The number of phenols is 1. The molecule has 4 heteroatoms. The highest BCUT2D eigenvalue weighted by Crippen LogP contribution is 2.55. The van der Waals surface area contributed by atoms with Gasteiger partial charge in [0.1, 0.15) is 17.1 Å². The standard InChI is InChI=1S/C26H41NO3/c1-6-7-8-9-12-25(2,3)18-14-21(28)24-19-13-17(22(29)16-27)10-11-20(19)26(4,5)30-23(24)15-18/h10,14-15,19-20,22,28-29H,6-9,11-13,16,27H2,1-5H3/t19?,20-,22?/m1/s1. The number of hydrogen-bond donors (Lipinski definition) is 3. The molecule has 3 rings (SSSR count). The molecule has 1 aliphatic heterocycles. The molecule has 0 radical (unpaired) electrons. The lowest BCUT2D eigenvalue weighted by Crippen LogP contribution is -2.46. The van der Waals surface area contributed by atoms with Crippen molar-refractivity contribution in [3.63, 3.8) is 0 Å².